The summed E-state index contributed by atoms with van der Waals surface area (Å²) in [4.78, 5) is 13.5. The number of carbonyl (C=O) groups excluding carboxylic acids is 1. The summed E-state index contributed by atoms with van der Waals surface area (Å²) in [6.45, 7) is 1.88. The summed E-state index contributed by atoms with van der Waals surface area (Å²) in [5.74, 6) is 0.199. The highest BCUT2D eigenvalue weighted by molar-refractivity contribution is 14.1. The molecule has 0 aliphatic carbocycles. The Kier molecular flexibility index (Phi) is 4.22. The molecule has 2 rings (SSSR count). The van der Waals surface area contributed by atoms with Crippen LogP contribution >= 0.6 is 45.5 Å². The van der Waals surface area contributed by atoms with Gasteiger partial charge in [-0.3, -0.25) is 4.79 Å². The quantitative estimate of drug-likeness (QED) is 0.527. The zero-order valence-electron chi connectivity index (χ0n) is 9.17. The summed E-state index contributed by atoms with van der Waals surface area (Å²) in [5.41, 5.74) is 1.13. The van der Waals surface area contributed by atoms with Gasteiger partial charge in [-0.2, -0.15) is 0 Å². The van der Waals surface area contributed by atoms with Crippen LogP contribution in [0.1, 0.15) is 23.0 Å². The molecule has 1 nitrogen and oxygen atoms in total. The number of benzene rings is 1. The lowest BCUT2D eigenvalue weighted by Crippen LogP contribution is -1.90. The third kappa shape index (κ3) is 2.89. The molecule has 0 amide bonds. The first-order valence-electron chi connectivity index (χ1n) is 5.20. The van der Waals surface area contributed by atoms with Gasteiger partial charge in [0.25, 0.3) is 0 Å². The fraction of sp³-hybridized carbons (Fsp3) is 0.154. The second-order valence-electron chi connectivity index (χ2n) is 3.56. The molecule has 1 aromatic heterocycles. The van der Waals surface area contributed by atoms with Crippen molar-refractivity contribution in [2.24, 2.45) is 0 Å². The van der Waals surface area contributed by atoms with Crippen molar-refractivity contribution in [1.82, 2.24) is 0 Å². The van der Waals surface area contributed by atoms with Gasteiger partial charge in [-0.25, -0.2) is 0 Å². The molecule has 0 spiro atoms. The maximum absolute atomic E-state index is 11.6. The van der Waals surface area contributed by atoms with Crippen LogP contribution in [-0.2, 0) is 0 Å². The van der Waals surface area contributed by atoms with Crippen molar-refractivity contribution in [3.05, 3.63) is 43.8 Å². The Balaban J connectivity index is 2.40. The number of hydrogen-bond acceptors (Lipinski definition) is 2. The fourth-order valence-corrected chi connectivity index (χ4v) is 3.90. The monoisotopic (exact) mass is 376 g/mol. The molecule has 88 valence electrons. The van der Waals surface area contributed by atoms with Crippen molar-refractivity contribution in [3.8, 4) is 10.4 Å². The van der Waals surface area contributed by atoms with E-state index in [1.807, 2.05) is 37.3 Å². The third-order valence-corrected chi connectivity index (χ3v) is 4.69. The molecule has 0 unspecified atom stereocenters. The molecule has 0 bridgehead atoms. The minimum Gasteiger partial charge on any atom is -0.293 e. The van der Waals surface area contributed by atoms with E-state index >= 15 is 0 Å². The highest BCUT2D eigenvalue weighted by atomic mass is 127. The van der Waals surface area contributed by atoms with Gasteiger partial charge in [-0.15, -0.1) is 11.3 Å². The van der Waals surface area contributed by atoms with E-state index in [-0.39, 0.29) is 5.78 Å². The average molecular weight is 377 g/mol. The minimum atomic E-state index is 0.199. The molecule has 1 aromatic carbocycles. The van der Waals surface area contributed by atoms with Crippen molar-refractivity contribution >= 4 is 51.3 Å². The Morgan fingerprint density at radius 1 is 1.35 bits per heavy atom. The van der Waals surface area contributed by atoms with Crippen LogP contribution in [0, 0.1) is 3.57 Å². The van der Waals surface area contributed by atoms with E-state index < -0.39 is 0 Å². The molecule has 17 heavy (non-hydrogen) atoms. The molecule has 0 saturated heterocycles. The van der Waals surface area contributed by atoms with Crippen molar-refractivity contribution in [1.29, 1.82) is 0 Å². The first-order valence-corrected chi connectivity index (χ1v) is 7.47. The predicted molar refractivity (Wildman–Crippen MR) is 82.1 cm³/mol. The Labute approximate surface area is 123 Å². The van der Waals surface area contributed by atoms with Gasteiger partial charge in [-0.1, -0.05) is 24.6 Å². The molecule has 0 saturated carbocycles. The Morgan fingerprint density at radius 3 is 2.76 bits per heavy atom. The standard InChI is InChI=1S/C13H10ClIOS/c1-2-11(16)13-6-5-12(17-13)9-4-3-8(14)7-10(9)15/h3-7H,2H2,1H3. The van der Waals surface area contributed by atoms with Gasteiger partial charge in [0.2, 0.25) is 0 Å². The van der Waals surface area contributed by atoms with Gasteiger partial charge in [0.15, 0.2) is 5.78 Å². The van der Waals surface area contributed by atoms with E-state index in [0.29, 0.717) is 6.42 Å². The van der Waals surface area contributed by atoms with E-state index in [1.165, 1.54) is 0 Å². The second-order valence-corrected chi connectivity index (χ2v) is 6.25. The first kappa shape index (κ1) is 13.1. The van der Waals surface area contributed by atoms with Gasteiger partial charge in [0.1, 0.15) is 0 Å². The van der Waals surface area contributed by atoms with Crippen LogP contribution in [0.5, 0.6) is 0 Å². The van der Waals surface area contributed by atoms with Crippen molar-refractivity contribution in [3.63, 3.8) is 0 Å². The van der Waals surface area contributed by atoms with Crippen LogP contribution in [0.2, 0.25) is 5.02 Å². The Morgan fingerprint density at radius 2 is 2.12 bits per heavy atom. The fourth-order valence-electron chi connectivity index (χ4n) is 1.50. The highest BCUT2D eigenvalue weighted by Crippen LogP contribution is 2.33. The molecule has 2 aromatic rings. The molecule has 4 heteroatoms. The summed E-state index contributed by atoms with van der Waals surface area (Å²) in [6, 6.07) is 9.70. The van der Waals surface area contributed by atoms with Crippen molar-refractivity contribution < 1.29 is 4.79 Å². The molecule has 0 fully saturated rings. The number of hydrogen-bond donors (Lipinski definition) is 0. The van der Waals surface area contributed by atoms with Crippen LogP contribution in [0.15, 0.2) is 30.3 Å². The van der Waals surface area contributed by atoms with Crippen LogP contribution in [-0.4, -0.2) is 5.78 Å². The summed E-state index contributed by atoms with van der Waals surface area (Å²) >= 11 is 9.73. The number of thiophene rings is 1. The molecular weight excluding hydrogens is 367 g/mol. The maximum atomic E-state index is 11.6. The highest BCUT2D eigenvalue weighted by Gasteiger charge is 2.10. The average Bonchev–Trinajstić information content (AvgIpc) is 2.77. The normalized spacial score (nSPS) is 10.5. The van der Waals surface area contributed by atoms with Gasteiger partial charge in [-0.05, 0) is 46.9 Å². The summed E-state index contributed by atoms with van der Waals surface area (Å²) in [5, 5.41) is 0.736. The van der Waals surface area contributed by atoms with Gasteiger partial charge in [0.05, 0.1) is 4.88 Å². The molecular formula is C13H10ClIOS. The smallest absolute Gasteiger partial charge is 0.172 e. The number of rotatable bonds is 3. The van der Waals surface area contributed by atoms with E-state index in [1.54, 1.807) is 11.3 Å². The van der Waals surface area contributed by atoms with Crippen molar-refractivity contribution in [2.75, 3.05) is 0 Å². The van der Waals surface area contributed by atoms with E-state index in [2.05, 4.69) is 22.6 Å². The maximum Gasteiger partial charge on any atom is 0.172 e. The topological polar surface area (TPSA) is 17.1 Å². The zero-order chi connectivity index (χ0) is 12.4. The van der Waals surface area contributed by atoms with Crippen LogP contribution in [0.3, 0.4) is 0 Å². The second kappa shape index (κ2) is 5.50. The lowest BCUT2D eigenvalue weighted by molar-refractivity contribution is 0.0992. The van der Waals surface area contributed by atoms with E-state index in [4.69, 9.17) is 11.6 Å². The van der Waals surface area contributed by atoms with Gasteiger partial charge < -0.3 is 0 Å². The Hall–Kier alpha value is -0.390. The lowest BCUT2D eigenvalue weighted by Gasteiger charge is -2.01. The number of ketones is 1. The summed E-state index contributed by atoms with van der Waals surface area (Å²) < 4.78 is 1.10. The predicted octanol–water partition coefficient (Wildman–Crippen LogP) is 5.27. The van der Waals surface area contributed by atoms with Gasteiger partial charge >= 0.3 is 0 Å². The molecule has 0 radical (unpaired) electrons. The van der Waals surface area contributed by atoms with Crippen LogP contribution in [0.25, 0.3) is 10.4 Å². The molecule has 0 atom stereocenters. The van der Waals surface area contributed by atoms with E-state index in [9.17, 15) is 4.79 Å². The van der Waals surface area contributed by atoms with Gasteiger partial charge in [0, 0.05) is 25.5 Å². The lowest BCUT2D eigenvalue weighted by atomic mass is 10.2. The summed E-state index contributed by atoms with van der Waals surface area (Å²) in [6.07, 6.45) is 0.553. The molecule has 1 heterocycles. The van der Waals surface area contributed by atoms with E-state index in [0.717, 1.165) is 23.9 Å². The molecule has 0 aliphatic heterocycles. The first-order chi connectivity index (χ1) is 8.11. The SMILES string of the molecule is CCC(=O)c1ccc(-c2ccc(Cl)cc2I)s1. The Bertz CT molecular complexity index is 562. The number of halogens is 2. The number of Topliss-reactive ketones (excluding diaryl/α,β-unsaturated/α-hetero) is 1. The summed E-state index contributed by atoms with van der Waals surface area (Å²) in [7, 11) is 0. The van der Waals surface area contributed by atoms with Crippen LogP contribution in [0.4, 0.5) is 0 Å². The zero-order valence-corrected chi connectivity index (χ0v) is 12.9. The third-order valence-electron chi connectivity index (χ3n) is 2.40. The molecule has 0 aliphatic rings. The number of carbonyl (C=O) groups is 1. The minimum absolute atomic E-state index is 0.199. The molecule has 0 N–H and O–H groups in total. The van der Waals surface area contributed by atoms with Crippen LogP contribution < -0.4 is 0 Å². The van der Waals surface area contributed by atoms with Crippen molar-refractivity contribution in [2.45, 2.75) is 13.3 Å². The largest absolute Gasteiger partial charge is 0.293 e.